The number of imidazole rings is 1. The van der Waals surface area contributed by atoms with Crippen LogP contribution in [0, 0.1) is 0 Å². The van der Waals surface area contributed by atoms with E-state index in [1.807, 2.05) is 25.1 Å². The van der Waals surface area contributed by atoms with E-state index in [0.717, 1.165) is 29.7 Å². The smallest absolute Gasteiger partial charge is 0.249 e. The Morgan fingerprint density at radius 2 is 1.93 bits per heavy atom. The maximum absolute atomic E-state index is 12.6. The summed E-state index contributed by atoms with van der Waals surface area (Å²) in [5.41, 5.74) is 4.68. The van der Waals surface area contributed by atoms with Crippen molar-refractivity contribution in [3.63, 3.8) is 0 Å². The number of amides is 1. The van der Waals surface area contributed by atoms with Gasteiger partial charge in [0.25, 0.3) is 0 Å². The molecule has 2 aromatic carbocycles. The molecule has 1 N–H and O–H groups in total. The summed E-state index contributed by atoms with van der Waals surface area (Å²) in [5, 5.41) is 3.11. The molecule has 1 fully saturated rings. The van der Waals surface area contributed by atoms with E-state index in [0.29, 0.717) is 13.2 Å². The van der Waals surface area contributed by atoms with Gasteiger partial charge in [-0.1, -0.05) is 57.2 Å². The highest BCUT2D eigenvalue weighted by Crippen LogP contribution is 2.25. The van der Waals surface area contributed by atoms with Gasteiger partial charge in [-0.25, -0.2) is 4.98 Å². The maximum atomic E-state index is 12.6. The van der Waals surface area contributed by atoms with Gasteiger partial charge in [0.15, 0.2) is 0 Å². The van der Waals surface area contributed by atoms with E-state index in [2.05, 4.69) is 61.0 Å². The first-order valence-corrected chi connectivity index (χ1v) is 10.8. The Labute approximate surface area is 178 Å². The lowest BCUT2D eigenvalue weighted by molar-refractivity contribution is -0.130. The molecule has 1 aliphatic heterocycles. The van der Waals surface area contributed by atoms with Crippen LogP contribution in [0.4, 0.5) is 0 Å². The highest BCUT2D eigenvalue weighted by atomic mass is 16.5. The summed E-state index contributed by atoms with van der Waals surface area (Å²) < 4.78 is 7.75. The first kappa shape index (κ1) is 20.6. The molecule has 3 aromatic rings. The van der Waals surface area contributed by atoms with Crippen molar-refractivity contribution in [1.82, 2.24) is 14.9 Å². The maximum Gasteiger partial charge on any atom is 0.249 e. The van der Waals surface area contributed by atoms with Crippen LogP contribution in [0.2, 0.25) is 0 Å². The van der Waals surface area contributed by atoms with Crippen molar-refractivity contribution in [3.05, 3.63) is 65.5 Å². The van der Waals surface area contributed by atoms with Crippen molar-refractivity contribution in [1.29, 1.82) is 0 Å². The quantitative estimate of drug-likeness (QED) is 0.667. The molecule has 1 aromatic heterocycles. The van der Waals surface area contributed by atoms with Gasteiger partial charge in [-0.3, -0.25) is 4.79 Å². The molecule has 5 nitrogen and oxygen atoms in total. The van der Waals surface area contributed by atoms with Gasteiger partial charge in [0.2, 0.25) is 5.91 Å². The Balaban J connectivity index is 1.62. The van der Waals surface area contributed by atoms with E-state index in [4.69, 9.17) is 9.72 Å². The average molecular weight is 406 g/mol. The minimum Gasteiger partial charge on any atom is -0.368 e. The van der Waals surface area contributed by atoms with Crippen molar-refractivity contribution in [2.45, 2.75) is 64.6 Å². The summed E-state index contributed by atoms with van der Waals surface area (Å²) >= 11 is 0. The summed E-state index contributed by atoms with van der Waals surface area (Å²) in [6.45, 7) is 10.0. The molecule has 0 bridgehead atoms. The van der Waals surface area contributed by atoms with Crippen LogP contribution < -0.4 is 5.32 Å². The fourth-order valence-electron chi connectivity index (χ4n) is 4.04. The monoisotopic (exact) mass is 405 g/mol. The highest BCUT2D eigenvalue weighted by Gasteiger charge is 2.26. The van der Waals surface area contributed by atoms with E-state index < -0.39 is 0 Å². The van der Waals surface area contributed by atoms with Crippen LogP contribution in [0.5, 0.6) is 0 Å². The van der Waals surface area contributed by atoms with Gasteiger partial charge in [0.05, 0.1) is 17.1 Å². The fourth-order valence-corrected chi connectivity index (χ4v) is 4.04. The van der Waals surface area contributed by atoms with Gasteiger partial charge in [-0.15, -0.1) is 0 Å². The predicted octanol–water partition coefficient (Wildman–Crippen LogP) is 4.74. The summed E-state index contributed by atoms with van der Waals surface area (Å²) in [6.07, 6.45) is 1.39. The van der Waals surface area contributed by atoms with E-state index in [9.17, 15) is 4.79 Å². The van der Waals surface area contributed by atoms with Crippen molar-refractivity contribution in [2.75, 3.05) is 6.61 Å². The molecule has 1 aliphatic rings. The number of nitrogens with one attached hydrogen (secondary N) is 1. The van der Waals surface area contributed by atoms with Gasteiger partial charge in [0.1, 0.15) is 11.9 Å². The Hall–Kier alpha value is -2.66. The number of hydrogen-bond acceptors (Lipinski definition) is 3. The predicted molar refractivity (Wildman–Crippen MR) is 120 cm³/mol. The van der Waals surface area contributed by atoms with Crippen molar-refractivity contribution >= 4 is 16.9 Å². The molecule has 2 unspecified atom stereocenters. The molecule has 0 aliphatic carbocycles. The molecule has 4 rings (SSSR count). The lowest BCUT2D eigenvalue weighted by Crippen LogP contribution is -2.36. The first-order chi connectivity index (χ1) is 14.3. The number of benzene rings is 2. The molecule has 0 saturated carbocycles. The van der Waals surface area contributed by atoms with E-state index in [1.54, 1.807) is 0 Å². The zero-order chi connectivity index (χ0) is 21.3. The number of aromatic nitrogens is 2. The second kappa shape index (κ2) is 8.23. The fraction of sp³-hybridized carbons (Fsp3) is 0.440. The van der Waals surface area contributed by atoms with Gasteiger partial charge in [0, 0.05) is 13.2 Å². The number of para-hydroxylation sites is 2. The Bertz CT molecular complexity index is 1020. The van der Waals surface area contributed by atoms with Crippen LogP contribution in [-0.4, -0.2) is 28.2 Å². The average Bonchev–Trinajstić information content (AvgIpc) is 3.36. The number of carbonyl (C=O) groups is 1. The highest BCUT2D eigenvalue weighted by molar-refractivity contribution is 5.81. The molecule has 0 radical (unpaired) electrons. The number of ether oxygens (including phenoxy) is 1. The van der Waals surface area contributed by atoms with Crippen LogP contribution in [0.25, 0.3) is 11.0 Å². The third-order valence-electron chi connectivity index (χ3n) is 5.81. The normalized spacial score (nSPS) is 17.9. The van der Waals surface area contributed by atoms with Crippen molar-refractivity contribution < 1.29 is 9.53 Å². The Morgan fingerprint density at radius 3 is 2.60 bits per heavy atom. The van der Waals surface area contributed by atoms with Gasteiger partial charge in [-0.2, -0.15) is 0 Å². The van der Waals surface area contributed by atoms with E-state index in [-0.39, 0.29) is 23.5 Å². The third-order valence-corrected chi connectivity index (χ3v) is 5.81. The van der Waals surface area contributed by atoms with Crippen LogP contribution in [0.15, 0.2) is 48.5 Å². The topological polar surface area (TPSA) is 56.1 Å². The molecule has 1 saturated heterocycles. The lowest BCUT2D eigenvalue weighted by Gasteiger charge is -2.20. The molecule has 2 heterocycles. The van der Waals surface area contributed by atoms with Gasteiger partial charge in [-0.05, 0) is 48.4 Å². The molecule has 158 valence electrons. The molecular weight excluding hydrogens is 374 g/mol. The SMILES string of the molecule is CC(NC(=O)C1CCCO1)c1nc2ccccc2n1Cc1ccc(C(C)(C)C)cc1. The summed E-state index contributed by atoms with van der Waals surface area (Å²) in [7, 11) is 0. The van der Waals surface area contributed by atoms with E-state index >= 15 is 0 Å². The second-order valence-electron chi connectivity index (χ2n) is 9.22. The van der Waals surface area contributed by atoms with Crippen LogP contribution in [0.3, 0.4) is 0 Å². The lowest BCUT2D eigenvalue weighted by atomic mass is 9.87. The van der Waals surface area contributed by atoms with Crippen molar-refractivity contribution in [2.24, 2.45) is 0 Å². The molecule has 1 amide bonds. The summed E-state index contributed by atoms with van der Waals surface area (Å²) in [5.74, 6) is 0.815. The summed E-state index contributed by atoms with van der Waals surface area (Å²) in [4.78, 5) is 17.4. The molecule has 30 heavy (non-hydrogen) atoms. The van der Waals surface area contributed by atoms with Gasteiger partial charge < -0.3 is 14.6 Å². The van der Waals surface area contributed by atoms with Crippen molar-refractivity contribution in [3.8, 4) is 0 Å². The van der Waals surface area contributed by atoms with E-state index in [1.165, 1.54) is 11.1 Å². The zero-order valence-corrected chi connectivity index (χ0v) is 18.3. The summed E-state index contributed by atoms with van der Waals surface area (Å²) in [6, 6.07) is 16.7. The number of nitrogens with zero attached hydrogens (tertiary/aromatic N) is 2. The third kappa shape index (κ3) is 4.26. The Kier molecular flexibility index (Phi) is 5.65. The second-order valence-corrected chi connectivity index (χ2v) is 9.22. The van der Waals surface area contributed by atoms with Crippen LogP contribution in [0.1, 0.15) is 63.5 Å². The number of hydrogen-bond donors (Lipinski definition) is 1. The minimum absolute atomic E-state index is 0.0480. The first-order valence-electron chi connectivity index (χ1n) is 10.8. The standard InChI is InChI=1S/C25H31N3O2/c1-17(26-24(29)22-10-7-15-30-22)23-27-20-8-5-6-9-21(20)28(23)16-18-11-13-19(14-12-18)25(2,3)4/h5-6,8-9,11-14,17,22H,7,10,15-16H2,1-4H3,(H,26,29). The largest absolute Gasteiger partial charge is 0.368 e. The molecule has 2 atom stereocenters. The van der Waals surface area contributed by atoms with Crippen LogP contribution in [-0.2, 0) is 21.5 Å². The molecule has 0 spiro atoms. The number of carbonyl (C=O) groups excluding carboxylic acids is 1. The Morgan fingerprint density at radius 1 is 1.20 bits per heavy atom. The van der Waals surface area contributed by atoms with Gasteiger partial charge >= 0.3 is 0 Å². The molecule has 5 heteroatoms. The zero-order valence-electron chi connectivity index (χ0n) is 18.3. The number of rotatable bonds is 5. The van der Waals surface area contributed by atoms with Crippen LogP contribution >= 0.6 is 0 Å². The number of fused-ring (bicyclic) bond motifs is 1. The minimum atomic E-state index is -0.338. The molecular formula is C25H31N3O2.